The van der Waals surface area contributed by atoms with E-state index >= 15 is 0 Å². The Labute approximate surface area is 125 Å². The van der Waals surface area contributed by atoms with Gasteiger partial charge in [-0.2, -0.15) is 0 Å². The number of aromatic nitrogens is 2. The van der Waals surface area contributed by atoms with Gasteiger partial charge in [0.05, 0.1) is 6.04 Å². The summed E-state index contributed by atoms with van der Waals surface area (Å²) in [6.07, 6.45) is 2.88. The smallest absolute Gasteiger partial charge is 0.220 e. The number of carbonyl (C=O) groups excluding carboxylic acids is 2. The van der Waals surface area contributed by atoms with Gasteiger partial charge in [0.1, 0.15) is 0 Å². The van der Waals surface area contributed by atoms with E-state index in [9.17, 15) is 9.59 Å². The van der Waals surface area contributed by atoms with E-state index in [1.807, 2.05) is 17.9 Å². The first kappa shape index (κ1) is 15.4. The predicted molar refractivity (Wildman–Crippen MR) is 78.5 cm³/mol. The number of amides is 2. The second-order valence-electron chi connectivity index (χ2n) is 5.40. The first-order chi connectivity index (χ1) is 10.0. The second kappa shape index (κ2) is 6.65. The highest BCUT2D eigenvalue weighted by molar-refractivity contribution is 5.75. The molecule has 0 aliphatic carbocycles. The summed E-state index contributed by atoms with van der Waals surface area (Å²) in [5.74, 6) is 0.767. The first-order valence-corrected chi connectivity index (χ1v) is 7.33. The molecule has 1 fully saturated rings. The Morgan fingerprint density at radius 3 is 2.86 bits per heavy atom. The minimum Gasteiger partial charge on any atom is -0.359 e. The van der Waals surface area contributed by atoms with Crippen LogP contribution in [-0.2, 0) is 16.0 Å². The molecule has 2 heterocycles. The van der Waals surface area contributed by atoms with E-state index in [1.165, 1.54) is 0 Å². The van der Waals surface area contributed by atoms with Crippen molar-refractivity contribution in [3.8, 4) is 0 Å². The van der Waals surface area contributed by atoms with Gasteiger partial charge in [0.2, 0.25) is 11.8 Å². The summed E-state index contributed by atoms with van der Waals surface area (Å²) in [4.78, 5) is 33.9. The summed E-state index contributed by atoms with van der Waals surface area (Å²) in [5, 5.41) is 2.61. The first-order valence-electron chi connectivity index (χ1n) is 7.33. The molecule has 1 aromatic heterocycles. The molecule has 1 aliphatic heterocycles. The number of likely N-dealkylation sites (tertiary alicyclic amines) is 1. The van der Waals surface area contributed by atoms with Gasteiger partial charge in [-0.25, -0.2) is 9.97 Å². The van der Waals surface area contributed by atoms with Crippen LogP contribution in [-0.4, -0.2) is 40.3 Å². The van der Waals surface area contributed by atoms with Crippen LogP contribution in [0.4, 0.5) is 0 Å². The normalized spacial score (nSPS) is 17.9. The monoisotopic (exact) mass is 290 g/mol. The minimum atomic E-state index is -0.0267. The quantitative estimate of drug-likeness (QED) is 0.902. The van der Waals surface area contributed by atoms with Crippen molar-refractivity contribution in [1.82, 2.24) is 20.2 Å². The lowest BCUT2D eigenvalue weighted by atomic mass is 10.1. The van der Waals surface area contributed by atoms with Crippen LogP contribution in [0.3, 0.4) is 0 Å². The Balaban J connectivity index is 2.18. The van der Waals surface area contributed by atoms with Gasteiger partial charge in [-0.05, 0) is 32.3 Å². The summed E-state index contributed by atoms with van der Waals surface area (Å²) in [7, 11) is 1.63. The van der Waals surface area contributed by atoms with Crippen LogP contribution in [0.2, 0.25) is 0 Å². The van der Waals surface area contributed by atoms with Crippen LogP contribution in [0.25, 0.3) is 0 Å². The molecule has 1 aliphatic rings. The van der Waals surface area contributed by atoms with Crippen molar-refractivity contribution in [3.05, 3.63) is 23.3 Å². The maximum Gasteiger partial charge on any atom is 0.220 e. The molecule has 114 valence electrons. The average Bonchev–Trinajstić information content (AvgIpc) is 2.93. The molecule has 6 nitrogen and oxygen atoms in total. The zero-order chi connectivity index (χ0) is 15.4. The van der Waals surface area contributed by atoms with Gasteiger partial charge >= 0.3 is 0 Å². The van der Waals surface area contributed by atoms with E-state index in [-0.39, 0.29) is 17.9 Å². The van der Waals surface area contributed by atoms with E-state index in [4.69, 9.17) is 0 Å². The lowest BCUT2D eigenvalue weighted by molar-refractivity contribution is -0.129. The topological polar surface area (TPSA) is 75.2 Å². The van der Waals surface area contributed by atoms with E-state index < -0.39 is 0 Å². The maximum atomic E-state index is 11.7. The largest absolute Gasteiger partial charge is 0.359 e. The van der Waals surface area contributed by atoms with Crippen LogP contribution in [0.5, 0.6) is 0 Å². The van der Waals surface area contributed by atoms with Crippen molar-refractivity contribution in [1.29, 1.82) is 0 Å². The molecule has 1 N–H and O–H groups in total. The third kappa shape index (κ3) is 3.77. The Hall–Kier alpha value is -1.98. The van der Waals surface area contributed by atoms with Crippen molar-refractivity contribution in [3.63, 3.8) is 0 Å². The van der Waals surface area contributed by atoms with Crippen molar-refractivity contribution in [2.45, 2.75) is 45.6 Å². The number of nitrogens with zero attached hydrogens (tertiary/aromatic N) is 3. The molecular weight excluding hydrogens is 268 g/mol. The summed E-state index contributed by atoms with van der Waals surface area (Å²) in [6.45, 7) is 4.27. The van der Waals surface area contributed by atoms with Gasteiger partial charge in [-0.15, -0.1) is 0 Å². The van der Waals surface area contributed by atoms with E-state index in [1.54, 1.807) is 14.0 Å². The highest BCUT2D eigenvalue weighted by Crippen LogP contribution is 2.30. The molecule has 2 rings (SSSR count). The molecular formula is C15H22N4O2. The molecule has 0 saturated carbocycles. The lowest BCUT2D eigenvalue weighted by Crippen LogP contribution is -2.29. The SMILES string of the molecule is CNC(=O)CCc1cc(C)nc([C@H]2CCCN2C(C)=O)n1. The van der Waals surface area contributed by atoms with Crippen molar-refractivity contribution in [2.24, 2.45) is 0 Å². The van der Waals surface area contributed by atoms with Crippen molar-refractivity contribution < 1.29 is 9.59 Å². The van der Waals surface area contributed by atoms with Crippen LogP contribution in [0.1, 0.15) is 49.4 Å². The molecule has 6 heteroatoms. The van der Waals surface area contributed by atoms with Crippen molar-refractivity contribution in [2.75, 3.05) is 13.6 Å². The number of carbonyl (C=O) groups is 2. The highest BCUT2D eigenvalue weighted by Gasteiger charge is 2.30. The molecule has 0 unspecified atom stereocenters. The van der Waals surface area contributed by atoms with E-state index in [0.29, 0.717) is 18.7 Å². The molecule has 1 atom stereocenters. The molecule has 1 aromatic rings. The molecule has 0 spiro atoms. The van der Waals surface area contributed by atoms with Gasteiger partial charge in [0.15, 0.2) is 5.82 Å². The van der Waals surface area contributed by atoms with Gasteiger partial charge < -0.3 is 10.2 Å². The van der Waals surface area contributed by atoms with Gasteiger partial charge in [-0.1, -0.05) is 0 Å². The fourth-order valence-electron chi connectivity index (χ4n) is 2.71. The Morgan fingerprint density at radius 2 is 2.19 bits per heavy atom. The number of nitrogens with one attached hydrogen (secondary N) is 1. The molecule has 2 amide bonds. The molecule has 1 saturated heterocycles. The zero-order valence-electron chi connectivity index (χ0n) is 12.8. The zero-order valence-corrected chi connectivity index (χ0v) is 12.8. The number of hydrogen-bond acceptors (Lipinski definition) is 4. The second-order valence-corrected chi connectivity index (χ2v) is 5.40. The van der Waals surface area contributed by atoms with Crippen molar-refractivity contribution >= 4 is 11.8 Å². The third-order valence-corrected chi connectivity index (χ3v) is 3.77. The van der Waals surface area contributed by atoms with E-state index in [0.717, 1.165) is 30.8 Å². The van der Waals surface area contributed by atoms with Crippen LogP contribution in [0, 0.1) is 6.92 Å². The summed E-state index contributed by atoms with van der Waals surface area (Å²) in [6, 6.07) is 1.88. The van der Waals surface area contributed by atoms with E-state index in [2.05, 4.69) is 15.3 Å². The fraction of sp³-hybridized carbons (Fsp3) is 0.600. The number of aryl methyl sites for hydroxylation is 2. The van der Waals surface area contributed by atoms with Gasteiger partial charge in [-0.3, -0.25) is 9.59 Å². The van der Waals surface area contributed by atoms with Gasteiger partial charge in [0.25, 0.3) is 0 Å². The summed E-state index contributed by atoms with van der Waals surface area (Å²) < 4.78 is 0. The lowest BCUT2D eigenvalue weighted by Gasteiger charge is -2.22. The number of rotatable bonds is 4. The third-order valence-electron chi connectivity index (χ3n) is 3.77. The molecule has 0 bridgehead atoms. The Morgan fingerprint density at radius 1 is 1.43 bits per heavy atom. The predicted octanol–water partition coefficient (Wildman–Crippen LogP) is 1.15. The standard InChI is InChI=1S/C15H22N4O2/c1-10-9-12(6-7-14(21)16-3)18-15(17-10)13-5-4-8-19(13)11(2)20/h9,13H,4-8H2,1-3H3,(H,16,21)/t13-/m1/s1. The number of hydrogen-bond donors (Lipinski definition) is 1. The average molecular weight is 290 g/mol. The summed E-state index contributed by atoms with van der Waals surface area (Å²) >= 11 is 0. The molecule has 0 radical (unpaired) electrons. The highest BCUT2D eigenvalue weighted by atomic mass is 16.2. The minimum absolute atomic E-state index is 0.000885. The fourth-order valence-corrected chi connectivity index (χ4v) is 2.71. The van der Waals surface area contributed by atoms with Crippen LogP contribution < -0.4 is 5.32 Å². The molecule has 0 aromatic carbocycles. The molecule has 21 heavy (non-hydrogen) atoms. The maximum absolute atomic E-state index is 11.7. The van der Waals surface area contributed by atoms with Crippen LogP contribution >= 0.6 is 0 Å². The Bertz CT molecular complexity index is 544. The van der Waals surface area contributed by atoms with Crippen LogP contribution in [0.15, 0.2) is 6.07 Å². The van der Waals surface area contributed by atoms with Gasteiger partial charge in [0, 0.05) is 38.3 Å². The summed E-state index contributed by atoms with van der Waals surface area (Å²) in [5.41, 5.74) is 1.74. The Kier molecular flexibility index (Phi) is 4.88.